The number of benzene rings is 2. The molecule has 0 aliphatic carbocycles. The highest BCUT2D eigenvalue weighted by molar-refractivity contribution is 9.10. The summed E-state index contributed by atoms with van der Waals surface area (Å²) < 4.78 is 0.957. The lowest BCUT2D eigenvalue weighted by atomic mass is 9.99. The lowest BCUT2D eigenvalue weighted by molar-refractivity contribution is 0.552. The van der Waals surface area contributed by atoms with Crippen LogP contribution in [0.1, 0.15) is 17.2 Å². The molecule has 2 rings (SSSR count). The topological polar surface area (TPSA) is 38.0 Å². The minimum absolute atomic E-state index is 0.0439. The van der Waals surface area contributed by atoms with Gasteiger partial charge in [-0.25, -0.2) is 0 Å². The van der Waals surface area contributed by atoms with E-state index < -0.39 is 0 Å². The first-order valence-corrected chi connectivity index (χ1v) is 6.82. The molecule has 0 spiro atoms. The van der Waals surface area contributed by atoms with E-state index in [1.165, 1.54) is 5.56 Å². The zero-order valence-corrected chi connectivity index (χ0v) is 12.1. The molecule has 18 heavy (non-hydrogen) atoms. The van der Waals surface area contributed by atoms with Gasteiger partial charge in [-0.1, -0.05) is 57.9 Å². The van der Waals surface area contributed by atoms with Gasteiger partial charge in [0, 0.05) is 9.50 Å². The minimum Gasteiger partial charge on any atom is -0.271 e. The van der Waals surface area contributed by atoms with Crippen molar-refractivity contribution in [1.82, 2.24) is 5.43 Å². The third-order valence-corrected chi connectivity index (χ3v) is 3.45. The number of hydrogen-bond acceptors (Lipinski definition) is 2. The van der Waals surface area contributed by atoms with E-state index >= 15 is 0 Å². The molecule has 1 unspecified atom stereocenters. The number of nitrogens with one attached hydrogen (secondary N) is 1. The smallest absolute Gasteiger partial charge is 0.0501 e. The van der Waals surface area contributed by atoms with Crippen molar-refractivity contribution in [1.29, 1.82) is 0 Å². The summed E-state index contributed by atoms with van der Waals surface area (Å²) in [5.74, 6) is 5.64. The van der Waals surface area contributed by atoms with Crippen molar-refractivity contribution in [2.24, 2.45) is 5.84 Å². The molecule has 0 heterocycles. The van der Waals surface area contributed by atoms with Crippen LogP contribution in [0.15, 0.2) is 53.0 Å². The Morgan fingerprint density at radius 1 is 1.17 bits per heavy atom. The maximum absolute atomic E-state index is 6.06. The van der Waals surface area contributed by atoms with Gasteiger partial charge in [-0.15, -0.1) is 0 Å². The minimum atomic E-state index is 0.0439. The first-order valence-electron chi connectivity index (χ1n) is 5.65. The van der Waals surface area contributed by atoms with E-state index in [1.54, 1.807) is 0 Å². The Morgan fingerprint density at radius 3 is 2.50 bits per heavy atom. The van der Waals surface area contributed by atoms with Crippen LogP contribution in [0.25, 0.3) is 0 Å². The van der Waals surface area contributed by atoms with Crippen LogP contribution >= 0.6 is 27.5 Å². The molecule has 1 atom stereocenters. The second kappa shape index (κ2) is 6.34. The van der Waals surface area contributed by atoms with Crippen LogP contribution in [-0.2, 0) is 6.42 Å². The Labute approximate surface area is 120 Å². The van der Waals surface area contributed by atoms with Crippen LogP contribution in [0.2, 0.25) is 5.02 Å². The summed E-state index contributed by atoms with van der Waals surface area (Å²) in [6.07, 6.45) is 0.824. The summed E-state index contributed by atoms with van der Waals surface area (Å²) in [5, 5.41) is 0.702. The normalized spacial score (nSPS) is 12.4. The highest BCUT2D eigenvalue weighted by Gasteiger charge is 2.11. The van der Waals surface area contributed by atoms with Crippen LogP contribution in [0.3, 0.4) is 0 Å². The van der Waals surface area contributed by atoms with Gasteiger partial charge in [0.2, 0.25) is 0 Å². The second-order valence-corrected chi connectivity index (χ2v) is 5.46. The highest BCUT2D eigenvalue weighted by atomic mass is 79.9. The molecule has 0 fully saturated rings. The number of halogens is 2. The van der Waals surface area contributed by atoms with Gasteiger partial charge in [-0.2, -0.15) is 0 Å². The van der Waals surface area contributed by atoms with Crippen LogP contribution in [0.4, 0.5) is 0 Å². The van der Waals surface area contributed by atoms with Crippen molar-refractivity contribution < 1.29 is 0 Å². The van der Waals surface area contributed by atoms with Crippen LogP contribution in [-0.4, -0.2) is 0 Å². The van der Waals surface area contributed by atoms with E-state index in [2.05, 4.69) is 33.5 Å². The molecular weight excluding hydrogens is 312 g/mol. The lowest BCUT2D eigenvalue weighted by Gasteiger charge is -2.17. The molecule has 4 heteroatoms. The first kappa shape index (κ1) is 13.6. The maximum Gasteiger partial charge on any atom is 0.0501 e. The predicted octanol–water partition coefficient (Wildman–Crippen LogP) is 3.85. The van der Waals surface area contributed by atoms with Crippen LogP contribution in [0.5, 0.6) is 0 Å². The Bertz CT molecular complexity index is 496. The van der Waals surface area contributed by atoms with Gasteiger partial charge in [0.05, 0.1) is 6.04 Å². The molecule has 0 bridgehead atoms. The maximum atomic E-state index is 6.06. The predicted molar refractivity (Wildman–Crippen MR) is 79.4 cm³/mol. The summed E-state index contributed by atoms with van der Waals surface area (Å²) in [6, 6.07) is 16.1. The summed E-state index contributed by atoms with van der Waals surface area (Å²) >= 11 is 9.50. The van der Waals surface area contributed by atoms with Gasteiger partial charge in [0.15, 0.2) is 0 Å². The summed E-state index contributed by atoms with van der Waals surface area (Å²) in [7, 11) is 0. The molecule has 2 nitrogen and oxygen atoms in total. The van der Waals surface area contributed by atoms with Crippen molar-refractivity contribution in [3.63, 3.8) is 0 Å². The zero-order valence-electron chi connectivity index (χ0n) is 9.74. The lowest BCUT2D eigenvalue weighted by Crippen LogP contribution is -2.29. The largest absolute Gasteiger partial charge is 0.271 e. The van der Waals surface area contributed by atoms with Gasteiger partial charge in [0.1, 0.15) is 0 Å². The zero-order chi connectivity index (χ0) is 13.0. The van der Waals surface area contributed by atoms with Gasteiger partial charge >= 0.3 is 0 Å². The average Bonchev–Trinajstić information content (AvgIpc) is 2.36. The van der Waals surface area contributed by atoms with Crippen molar-refractivity contribution in [2.75, 3.05) is 0 Å². The van der Waals surface area contributed by atoms with Crippen LogP contribution < -0.4 is 11.3 Å². The average molecular weight is 326 g/mol. The van der Waals surface area contributed by atoms with Crippen molar-refractivity contribution in [2.45, 2.75) is 12.5 Å². The molecule has 0 aromatic heterocycles. The summed E-state index contributed by atoms with van der Waals surface area (Å²) in [5.41, 5.74) is 5.14. The monoisotopic (exact) mass is 324 g/mol. The number of rotatable bonds is 4. The summed E-state index contributed by atoms with van der Waals surface area (Å²) in [4.78, 5) is 0. The first-order chi connectivity index (χ1) is 8.69. The van der Waals surface area contributed by atoms with Crippen LogP contribution in [0, 0.1) is 0 Å². The van der Waals surface area contributed by atoms with Crippen molar-refractivity contribution in [3.05, 3.63) is 69.2 Å². The molecule has 0 aliphatic rings. The molecule has 94 valence electrons. The van der Waals surface area contributed by atoms with E-state index in [0.29, 0.717) is 5.02 Å². The molecule has 2 aromatic carbocycles. The third-order valence-electron chi connectivity index (χ3n) is 2.77. The van der Waals surface area contributed by atoms with Gasteiger partial charge in [0.25, 0.3) is 0 Å². The molecule has 3 N–H and O–H groups in total. The van der Waals surface area contributed by atoms with Gasteiger partial charge in [-0.3, -0.25) is 11.3 Å². The fourth-order valence-corrected chi connectivity index (χ4v) is 2.79. The molecule has 0 saturated heterocycles. The molecule has 0 saturated carbocycles. The fourth-order valence-electron chi connectivity index (χ4n) is 1.90. The van der Waals surface area contributed by atoms with E-state index in [4.69, 9.17) is 17.4 Å². The number of hydrazine groups is 1. The van der Waals surface area contributed by atoms with Gasteiger partial charge < -0.3 is 0 Å². The fraction of sp³-hybridized carbons (Fsp3) is 0.143. The molecule has 2 aromatic rings. The van der Waals surface area contributed by atoms with Crippen molar-refractivity contribution >= 4 is 27.5 Å². The van der Waals surface area contributed by atoms with Crippen molar-refractivity contribution in [3.8, 4) is 0 Å². The molecule has 0 radical (unpaired) electrons. The Balaban J connectivity index is 2.23. The second-order valence-electron chi connectivity index (χ2n) is 4.11. The van der Waals surface area contributed by atoms with Gasteiger partial charge in [-0.05, 0) is 35.7 Å². The summed E-state index contributed by atoms with van der Waals surface area (Å²) in [6.45, 7) is 0. The quantitative estimate of drug-likeness (QED) is 0.662. The molecule has 0 aliphatic heterocycles. The van der Waals surface area contributed by atoms with E-state index in [1.807, 2.05) is 36.4 Å². The SMILES string of the molecule is NNC(Cc1ccccc1)c1cc(Cl)cc(Br)c1. The standard InChI is InChI=1S/C14H14BrClN2/c15-12-7-11(8-13(16)9-12)14(18-17)6-10-4-2-1-3-5-10/h1-5,7-9,14,18H,6,17H2. The number of hydrogen-bond donors (Lipinski definition) is 2. The molecular formula is C14H14BrClN2. The van der Waals surface area contributed by atoms with E-state index in [9.17, 15) is 0 Å². The Morgan fingerprint density at radius 2 is 1.89 bits per heavy atom. The van der Waals surface area contributed by atoms with E-state index in [-0.39, 0.29) is 6.04 Å². The van der Waals surface area contributed by atoms with E-state index in [0.717, 1.165) is 16.5 Å². The number of nitrogens with two attached hydrogens (primary N) is 1. The molecule has 0 amide bonds. The third kappa shape index (κ3) is 3.56. The Kier molecular flexibility index (Phi) is 4.78. The highest BCUT2D eigenvalue weighted by Crippen LogP contribution is 2.25. The Hall–Kier alpha value is -0.870.